The smallest absolute Gasteiger partial charge is 0.265 e. The Morgan fingerprint density at radius 2 is 1.95 bits per heavy atom. The maximum atomic E-state index is 12.5. The Bertz CT molecular complexity index is 717. The molecule has 112 valence electrons. The van der Waals surface area contributed by atoms with Gasteiger partial charge < -0.3 is 10.1 Å². The van der Waals surface area contributed by atoms with Crippen molar-refractivity contribution in [2.45, 2.75) is 11.8 Å². The normalized spacial score (nSPS) is 11.0. The molecule has 0 saturated heterocycles. The van der Waals surface area contributed by atoms with Crippen LogP contribution in [0.25, 0.3) is 0 Å². The summed E-state index contributed by atoms with van der Waals surface area (Å²) in [5.74, 6) is 0.485. The SMILES string of the molecule is CCOc1ccccc1NS(=O)(=O)c1cnccc1NC. The van der Waals surface area contributed by atoms with Crippen LogP contribution in [0.5, 0.6) is 5.75 Å². The van der Waals surface area contributed by atoms with Crippen LogP contribution >= 0.6 is 0 Å². The number of sulfonamides is 1. The number of rotatable bonds is 6. The molecule has 21 heavy (non-hydrogen) atoms. The predicted octanol–water partition coefficient (Wildman–Crippen LogP) is 2.32. The van der Waals surface area contributed by atoms with E-state index in [0.717, 1.165) is 0 Å². The van der Waals surface area contributed by atoms with Crippen LogP contribution in [-0.2, 0) is 10.0 Å². The van der Waals surface area contributed by atoms with E-state index in [4.69, 9.17) is 4.74 Å². The molecule has 0 aliphatic carbocycles. The van der Waals surface area contributed by atoms with E-state index in [9.17, 15) is 8.42 Å². The monoisotopic (exact) mass is 307 g/mol. The van der Waals surface area contributed by atoms with Gasteiger partial charge in [0.25, 0.3) is 10.0 Å². The Morgan fingerprint density at radius 3 is 2.67 bits per heavy atom. The quantitative estimate of drug-likeness (QED) is 0.856. The molecule has 2 aromatic rings. The second-order valence-electron chi connectivity index (χ2n) is 4.16. The number of benzene rings is 1. The van der Waals surface area contributed by atoms with E-state index in [2.05, 4.69) is 15.0 Å². The zero-order chi connectivity index (χ0) is 15.3. The molecule has 1 aromatic heterocycles. The average Bonchev–Trinajstić information content (AvgIpc) is 2.49. The van der Waals surface area contributed by atoms with Crippen molar-refractivity contribution in [1.82, 2.24) is 4.98 Å². The molecule has 0 amide bonds. The van der Waals surface area contributed by atoms with Crippen molar-refractivity contribution in [3.8, 4) is 5.75 Å². The number of aromatic nitrogens is 1. The molecule has 0 bridgehead atoms. The Morgan fingerprint density at radius 1 is 1.19 bits per heavy atom. The first-order valence-corrected chi connectivity index (χ1v) is 7.93. The van der Waals surface area contributed by atoms with Crippen LogP contribution in [0, 0.1) is 0 Å². The summed E-state index contributed by atoms with van der Waals surface area (Å²) < 4.78 is 32.9. The molecule has 0 aliphatic rings. The highest BCUT2D eigenvalue weighted by molar-refractivity contribution is 7.92. The molecule has 1 aromatic carbocycles. The minimum absolute atomic E-state index is 0.0822. The lowest BCUT2D eigenvalue weighted by Crippen LogP contribution is -2.15. The number of nitrogens with zero attached hydrogens (tertiary/aromatic N) is 1. The molecule has 0 unspecified atom stereocenters. The summed E-state index contributed by atoms with van der Waals surface area (Å²) in [7, 11) is -2.10. The maximum absolute atomic E-state index is 12.5. The van der Waals surface area contributed by atoms with Crippen molar-refractivity contribution in [3.63, 3.8) is 0 Å². The van der Waals surface area contributed by atoms with E-state index < -0.39 is 10.0 Å². The lowest BCUT2D eigenvalue weighted by Gasteiger charge is -2.14. The number of ether oxygens (including phenoxy) is 1. The van der Waals surface area contributed by atoms with Crippen LogP contribution in [0.4, 0.5) is 11.4 Å². The summed E-state index contributed by atoms with van der Waals surface area (Å²) in [6.45, 7) is 2.29. The van der Waals surface area contributed by atoms with Gasteiger partial charge in [-0.1, -0.05) is 12.1 Å². The number of anilines is 2. The summed E-state index contributed by atoms with van der Waals surface area (Å²) in [6, 6.07) is 8.49. The molecule has 1 heterocycles. The summed E-state index contributed by atoms with van der Waals surface area (Å²) in [5.41, 5.74) is 0.872. The number of hydrogen-bond acceptors (Lipinski definition) is 5. The second kappa shape index (κ2) is 6.45. The van der Waals surface area contributed by atoms with Gasteiger partial charge in [-0.2, -0.15) is 0 Å². The van der Waals surface area contributed by atoms with E-state index in [1.54, 1.807) is 37.4 Å². The van der Waals surface area contributed by atoms with E-state index >= 15 is 0 Å². The molecule has 0 saturated carbocycles. The van der Waals surface area contributed by atoms with Gasteiger partial charge in [0.1, 0.15) is 10.6 Å². The Kier molecular flexibility index (Phi) is 4.64. The van der Waals surface area contributed by atoms with Gasteiger partial charge in [0, 0.05) is 19.4 Å². The van der Waals surface area contributed by atoms with Gasteiger partial charge in [-0.05, 0) is 25.1 Å². The highest BCUT2D eigenvalue weighted by Crippen LogP contribution is 2.28. The molecule has 6 nitrogen and oxygen atoms in total. The summed E-state index contributed by atoms with van der Waals surface area (Å²) in [4.78, 5) is 3.95. The van der Waals surface area contributed by atoms with Gasteiger partial charge in [0.2, 0.25) is 0 Å². The van der Waals surface area contributed by atoms with Crippen LogP contribution < -0.4 is 14.8 Å². The van der Waals surface area contributed by atoms with Crippen molar-refractivity contribution >= 4 is 21.4 Å². The topological polar surface area (TPSA) is 80.3 Å². The van der Waals surface area contributed by atoms with Crippen LogP contribution in [0.15, 0.2) is 47.6 Å². The Balaban J connectivity index is 2.38. The lowest BCUT2D eigenvalue weighted by atomic mass is 10.3. The third kappa shape index (κ3) is 3.43. The molecule has 2 N–H and O–H groups in total. The highest BCUT2D eigenvalue weighted by Gasteiger charge is 2.20. The fourth-order valence-electron chi connectivity index (χ4n) is 1.83. The van der Waals surface area contributed by atoms with Crippen molar-refractivity contribution in [2.75, 3.05) is 23.7 Å². The Labute approximate surface area is 124 Å². The van der Waals surface area contributed by atoms with Gasteiger partial charge in [0.05, 0.1) is 18.0 Å². The molecule has 2 rings (SSSR count). The zero-order valence-electron chi connectivity index (χ0n) is 11.8. The van der Waals surface area contributed by atoms with E-state index in [0.29, 0.717) is 23.7 Å². The molecule has 0 aliphatic heterocycles. The van der Waals surface area contributed by atoms with E-state index in [1.807, 2.05) is 6.92 Å². The predicted molar refractivity (Wildman–Crippen MR) is 82.2 cm³/mol. The third-order valence-corrected chi connectivity index (χ3v) is 4.17. The highest BCUT2D eigenvalue weighted by atomic mass is 32.2. The van der Waals surface area contributed by atoms with Crippen molar-refractivity contribution < 1.29 is 13.2 Å². The first-order valence-electron chi connectivity index (χ1n) is 6.45. The van der Waals surface area contributed by atoms with Gasteiger partial charge in [-0.3, -0.25) is 9.71 Å². The van der Waals surface area contributed by atoms with Crippen LogP contribution in [0.1, 0.15) is 6.92 Å². The molecule has 0 radical (unpaired) electrons. The number of para-hydroxylation sites is 2. The summed E-state index contributed by atoms with van der Waals surface area (Å²) in [5, 5.41) is 2.84. The van der Waals surface area contributed by atoms with Gasteiger partial charge in [-0.25, -0.2) is 8.42 Å². The van der Waals surface area contributed by atoms with E-state index in [1.165, 1.54) is 12.4 Å². The fourth-order valence-corrected chi connectivity index (χ4v) is 3.06. The largest absolute Gasteiger partial charge is 0.492 e. The molecule has 7 heteroatoms. The number of hydrogen-bond donors (Lipinski definition) is 2. The second-order valence-corrected chi connectivity index (χ2v) is 5.81. The first-order chi connectivity index (χ1) is 10.1. The molecule has 0 spiro atoms. The molecule has 0 atom stereocenters. The first kappa shape index (κ1) is 15.1. The maximum Gasteiger partial charge on any atom is 0.265 e. The summed E-state index contributed by atoms with van der Waals surface area (Å²) >= 11 is 0. The van der Waals surface area contributed by atoms with Crippen molar-refractivity contribution in [2.24, 2.45) is 0 Å². The van der Waals surface area contributed by atoms with Crippen LogP contribution in [-0.4, -0.2) is 27.1 Å². The van der Waals surface area contributed by atoms with Gasteiger partial charge in [-0.15, -0.1) is 0 Å². The Hall–Kier alpha value is -2.28. The lowest BCUT2D eigenvalue weighted by molar-refractivity contribution is 0.342. The number of pyridine rings is 1. The van der Waals surface area contributed by atoms with Gasteiger partial charge in [0.15, 0.2) is 0 Å². The van der Waals surface area contributed by atoms with Gasteiger partial charge >= 0.3 is 0 Å². The fraction of sp³-hybridized carbons (Fsp3) is 0.214. The zero-order valence-corrected chi connectivity index (χ0v) is 12.6. The molecular formula is C14H17N3O3S. The van der Waals surface area contributed by atoms with Crippen molar-refractivity contribution in [1.29, 1.82) is 0 Å². The standard InChI is InChI=1S/C14H17N3O3S/c1-3-20-13-7-5-4-6-11(13)17-21(18,19)14-10-16-9-8-12(14)15-2/h4-10,17H,3H2,1-2H3,(H,15,16). The molecule has 0 fully saturated rings. The number of nitrogens with one attached hydrogen (secondary N) is 2. The van der Waals surface area contributed by atoms with E-state index in [-0.39, 0.29) is 4.90 Å². The minimum atomic E-state index is -3.75. The minimum Gasteiger partial charge on any atom is -0.492 e. The third-order valence-electron chi connectivity index (χ3n) is 2.77. The average molecular weight is 307 g/mol. The molecular weight excluding hydrogens is 290 g/mol. The summed E-state index contributed by atoms with van der Waals surface area (Å²) in [6.07, 6.45) is 2.83. The van der Waals surface area contributed by atoms with Crippen LogP contribution in [0.2, 0.25) is 0 Å². The van der Waals surface area contributed by atoms with Crippen molar-refractivity contribution in [3.05, 3.63) is 42.7 Å². The van der Waals surface area contributed by atoms with Crippen LogP contribution in [0.3, 0.4) is 0 Å².